The van der Waals surface area contributed by atoms with Crippen LogP contribution in [0.15, 0.2) is 19.4 Å². The Morgan fingerprint density at radius 3 is 2.60 bits per heavy atom. The van der Waals surface area contributed by atoms with Crippen molar-refractivity contribution >= 4 is 12.2 Å². The van der Waals surface area contributed by atoms with E-state index in [1.807, 2.05) is 13.2 Å². The first kappa shape index (κ1) is 6.81. The van der Waals surface area contributed by atoms with E-state index in [0.717, 1.165) is 11.3 Å². The van der Waals surface area contributed by atoms with Gasteiger partial charge >= 0.3 is 0 Å². The molecular formula is C8H10N2. The van der Waals surface area contributed by atoms with Gasteiger partial charge in [-0.3, -0.25) is 4.68 Å². The number of rotatable bonds is 2. The molecule has 0 radical (unpaired) electrons. The molecule has 0 aromatic carbocycles. The lowest BCUT2D eigenvalue weighted by Gasteiger charge is -1.82. The molecule has 0 bridgehead atoms. The van der Waals surface area contributed by atoms with Crippen molar-refractivity contribution in [3.05, 3.63) is 30.6 Å². The number of hydrogen-bond acceptors (Lipinski definition) is 1. The molecule has 1 heterocycles. The highest BCUT2D eigenvalue weighted by Crippen LogP contribution is 2.07. The van der Waals surface area contributed by atoms with Gasteiger partial charge in [0.05, 0.1) is 5.69 Å². The minimum absolute atomic E-state index is 0.887. The molecule has 0 saturated heterocycles. The maximum Gasteiger partial charge on any atom is 0.0917 e. The van der Waals surface area contributed by atoms with Crippen molar-refractivity contribution in [1.82, 2.24) is 9.78 Å². The monoisotopic (exact) mass is 134 g/mol. The molecule has 0 N–H and O–H groups in total. The summed E-state index contributed by atoms with van der Waals surface area (Å²) in [6.07, 6.45) is 5.39. The molecule has 0 spiro atoms. The Kier molecular flexibility index (Phi) is 1.71. The molecule has 0 aliphatic heterocycles. The van der Waals surface area contributed by atoms with Crippen LogP contribution in [-0.2, 0) is 7.05 Å². The van der Waals surface area contributed by atoms with Crippen molar-refractivity contribution in [1.29, 1.82) is 0 Å². The molecule has 2 heteroatoms. The third-order valence-corrected chi connectivity index (χ3v) is 1.30. The molecule has 0 fully saturated rings. The summed E-state index contributed by atoms with van der Waals surface area (Å²) in [4.78, 5) is 0. The molecule has 0 unspecified atom stereocenters. The van der Waals surface area contributed by atoms with Crippen LogP contribution in [0.5, 0.6) is 0 Å². The molecule has 0 amide bonds. The van der Waals surface area contributed by atoms with Crippen molar-refractivity contribution in [3.63, 3.8) is 0 Å². The van der Waals surface area contributed by atoms with E-state index in [4.69, 9.17) is 0 Å². The Hall–Kier alpha value is -1.31. The van der Waals surface area contributed by atoms with Gasteiger partial charge in [0.1, 0.15) is 0 Å². The Labute approximate surface area is 60.5 Å². The van der Waals surface area contributed by atoms with Gasteiger partial charge in [-0.05, 0) is 6.08 Å². The van der Waals surface area contributed by atoms with Gasteiger partial charge in [-0.25, -0.2) is 0 Å². The summed E-state index contributed by atoms with van der Waals surface area (Å²) in [6, 6.07) is 0. The van der Waals surface area contributed by atoms with Crippen molar-refractivity contribution in [2.75, 3.05) is 0 Å². The standard InChI is InChI=1S/C8H10N2/c1-4-7-6-10(3)9-8(7)5-2/h4-6H,1-2H2,3H3. The third kappa shape index (κ3) is 1.00. The van der Waals surface area contributed by atoms with Gasteiger partial charge in [-0.15, -0.1) is 0 Å². The van der Waals surface area contributed by atoms with Gasteiger partial charge in [0.2, 0.25) is 0 Å². The zero-order valence-corrected chi connectivity index (χ0v) is 6.04. The number of aromatic nitrogens is 2. The highest BCUT2D eigenvalue weighted by Gasteiger charge is 1.97. The molecule has 0 aliphatic rings. The summed E-state index contributed by atoms with van der Waals surface area (Å²) in [7, 11) is 1.88. The summed E-state index contributed by atoms with van der Waals surface area (Å²) in [6.45, 7) is 7.28. The first-order valence-corrected chi connectivity index (χ1v) is 3.06. The fourth-order valence-electron chi connectivity index (χ4n) is 0.840. The van der Waals surface area contributed by atoms with Crippen molar-refractivity contribution in [2.24, 2.45) is 7.05 Å². The summed E-state index contributed by atoms with van der Waals surface area (Å²) < 4.78 is 1.74. The SMILES string of the molecule is C=Cc1cn(C)nc1C=C. The quantitative estimate of drug-likeness (QED) is 0.602. The lowest BCUT2D eigenvalue weighted by Crippen LogP contribution is -1.86. The minimum Gasteiger partial charge on any atom is -0.275 e. The molecular weight excluding hydrogens is 124 g/mol. The average Bonchev–Trinajstić information content (AvgIpc) is 2.30. The summed E-state index contributed by atoms with van der Waals surface area (Å²) in [5.41, 5.74) is 1.91. The van der Waals surface area contributed by atoms with Crippen LogP contribution < -0.4 is 0 Å². The maximum atomic E-state index is 4.13. The molecule has 0 atom stereocenters. The fraction of sp³-hybridized carbons (Fsp3) is 0.125. The van der Waals surface area contributed by atoms with E-state index in [-0.39, 0.29) is 0 Å². The molecule has 1 aromatic heterocycles. The van der Waals surface area contributed by atoms with Gasteiger partial charge in [0.15, 0.2) is 0 Å². The molecule has 2 nitrogen and oxygen atoms in total. The predicted molar refractivity (Wildman–Crippen MR) is 43.4 cm³/mol. The van der Waals surface area contributed by atoms with E-state index in [0.29, 0.717) is 0 Å². The first-order valence-electron chi connectivity index (χ1n) is 3.06. The summed E-state index contributed by atoms with van der Waals surface area (Å²) in [5, 5.41) is 4.13. The van der Waals surface area contributed by atoms with Crippen LogP contribution in [-0.4, -0.2) is 9.78 Å². The number of aryl methyl sites for hydroxylation is 1. The lowest BCUT2D eigenvalue weighted by atomic mass is 10.2. The molecule has 10 heavy (non-hydrogen) atoms. The zero-order chi connectivity index (χ0) is 7.56. The topological polar surface area (TPSA) is 17.8 Å². The van der Waals surface area contributed by atoms with Crippen LogP contribution in [0.25, 0.3) is 12.2 Å². The van der Waals surface area contributed by atoms with Crippen molar-refractivity contribution < 1.29 is 0 Å². The highest BCUT2D eigenvalue weighted by molar-refractivity contribution is 5.59. The Morgan fingerprint density at radius 2 is 2.20 bits per heavy atom. The predicted octanol–water partition coefficient (Wildman–Crippen LogP) is 1.71. The highest BCUT2D eigenvalue weighted by atomic mass is 15.2. The molecule has 1 rings (SSSR count). The maximum absolute atomic E-state index is 4.13. The second-order valence-electron chi connectivity index (χ2n) is 2.05. The second-order valence-corrected chi connectivity index (χ2v) is 2.05. The smallest absolute Gasteiger partial charge is 0.0917 e. The van der Waals surface area contributed by atoms with Crippen LogP contribution in [0.4, 0.5) is 0 Å². The third-order valence-electron chi connectivity index (χ3n) is 1.30. The normalized spacial score (nSPS) is 9.30. The Balaban J connectivity index is 3.20. The van der Waals surface area contributed by atoms with E-state index >= 15 is 0 Å². The van der Waals surface area contributed by atoms with Crippen LogP contribution >= 0.6 is 0 Å². The van der Waals surface area contributed by atoms with Crippen LogP contribution in [0, 0.1) is 0 Å². The lowest BCUT2D eigenvalue weighted by molar-refractivity contribution is 0.764. The van der Waals surface area contributed by atoms with E-state index in [9.17, 15) is 0 Å². The fourth-order valence-corrected chi connectivity index (χ4v) is 0.840. The molecule has 1 aromatic rings. The minimum atomic E-state index is 0.887. The molecule has 52 valence electrons. The van der Waals surface area contributed by atoms with Crippen LogP contribution in [0.2, 0.25) is 0 Å². The largest absolute Gasteiger partial charge is 0.275 e. The van der Waals surface area contributed by atoms with E-state index < -0.39 is 0 Å². The van der Waals surface area contributed by atoms with E-state index in [1.165, 1.54) is 0 Å². The first-order chi connectivity index (χ1) is 4.77. The zero-order valence-electron chi connectivity index (χ0n) is 6.04. The van der Waals surface area contributed by atoms with Crippen LogP contribution in [0.1, 0.15) is 11.3 Å². The van der Waals surface area contributed by atoms with Gasteiger partial charge in [0, 0.05) is 18.8 Å². The van der Waals surface area contributed by atoms with E-state index in [2.05, 4.69) is 18.3 Å². The van der Waals surface area contributed by atoms with Gasteiger partial charge < -0.3 is 0 Å². The second kappa shape index (κ2) is 2.52. The Morgan fingerprint density at radius 1 is 1.50 bits per heavy atom. The van der Waals surface area contributed by atoms with Gasteiger partial charge in [-0.1, -0.05) is 19.2 Å². The van der Waals surface area contributed by atoms with E-state index in [1.54, 1.807) is 16.8 Å². The van der Waals surface area contributed by atoms with Crippen molar-refractivity contribution in [3.8, 4) is 0 Å². The Bertz CT molecular complexity index is 233. The summed E-state index contributed by atoms with van der Waals surface area (Å²) >= 11 is 0. The van der Waals surface area contributed by atoms with Gasteiger partial charge in [-0.2, -0.15) is 5.10 Å². The summed E-state index contributed by atoms with van der Waals surface area (Å²) in [5.74, 6) is 0. The number of nitrogens with zero attached hydrogens (tertiary/aromatic N) is 2. The molecule has 0 saturated carbocycles. The molecule has 0 aliphatic carbocycles. The van der Waals surface area contributed by atoms with Crippen molar-refractivity contribution in [2.45, 2.75) is 0 Å². The van der Waals surface area contributed by atoms with Gasteiger partial charge in [0.25, 0.3) is 0 Å². The van der Waals surface area contributed by atoms with Crippen LogP contribution in [0.3, 0.4) is 0 Å². The average molecular weight is 134 g/mol. The number of hydrogen-bond donors (Lipinski definition) is 0.